The molecular weight excluding hydrogens is 498 g/mol. The van der Waals surface area contributed by atoms with Gasteiger partial charge in [-0.3, -0.25) is 4.79 Å². The summed E-state index contributed by atoms with van der Waals surface area (Å²) in [7, 11) is 0. The Morgan fingerprint density at radius 1 is 0.825 bits per heavy atom. The summed E-state index contributed by atoms with van der Waals surface area (Å²) in [6, 6.07) is 26.7. The van der Waals surface area contributed by atoms with Crippen molar-refractivity contribution in [2.24, 2.45) is 11.8 Å². The predicted octanol–water partition coefficient (Wildman–Crippen LogP) is 6.01. The predicted molar refractivity (Wildman–Crippen MR) is 162 cm³/mol. The number of fused-ring (bicyclic) bond motifs is 1. The Balaban J connectivity index is 0.000000207. The van der Waals surface area contributed by atoms with Gasteiger partial charge in [-0.05, 0) is 92.8 Å². The summed E-state index contributed by atoms with van der Waals surface area (Å²) >= 11 is 0. The largest absolute Gasteiger partial charge is 0.438 e. The lowest BCUT2D eigenvalue weighted by Gasteiger charge is -2.33. The molecule has 1 aromatic heterocycles. The number of hydrogen-bond donors (Lipinski definition) is 1. The smallest absolute Gasteiger partial charge is 0.406 e. The quantitative estimate of drug-likeness (QED) is 0.292. The van der Waals surface area contributed by atoms with Gasteiger partial charge in [0.05, 0.1) is 0 Å². The van der Waals surface area contributed by atoms with Gasteiger partial charge in [-0.1, -0.05) is 67.6 Å². The Hall–Kier alpha value is -3.64. The highest BCUT2D eigenvalue weighted by molar-refractivity contribution is 5.98. The lowest BCUT2D eigenvalue weighted by molar-refractivity contribution is 0.0988. The molecule has 6 rings (SSSR count). The molecule has 0 amide bonds. The van der Waals surface area contributed by atoms with Crippen LogP contribution in [0.15, 0.2) is 88.1 Å². The Labute approximate surface area is 237 Å². The van der Waals surface area contributed by atoms with E-state index in [1.807, 2.05) is 19.1 Å². The minimum atomic E-state index is -0.382. The van der Waals surface area contributed by atoms with Crippen LogP contribution in [0, 0.1) is 11.8 Å². The third kappa shape index (κ3) is 7.11. The SMILES string of the molecule is CCC(=O)c1ccc2c(c1)oc(=O)n2N1CCC(Cc2ccccc2)CC1.c1ccc(CC2CCNCC2)cc1. The van der Waals surface area contributed by atoms with E-state index in [9.17, 15) is 9.59 Å². The minimum absolute atomic E-state index is 0.0500. The summed E-state index contributed by atoms with van der Waals surface area (Å²) in [5, 5.41) is 5.47. The number of benzene rings is 3. The van der Waals surface area contributed by atoms with Crippen LogP contribution in [-0.2, 0) is 12.8 Å². The number of Topliss-reactive ketones (excluding diaryl/α,β-unsaturated/α-hetero) is 1. The number of nitrogens with one attached hydrogen (secondary N) is 1. The molecule has 0 atom stereocenters. The van der Waals surface area contributed by atoms with E-state index in [0.29, 0.717) is 23.5 Å². The van der Waals surface area contributed by atoms with Gasteiger partial charge in [0.2, 0.25) is 0 Å². The van der Waals surface area contributed by atoms with Gasteiger partial charge >= 0.3 is 5.76 Å². The molecule has 4 aromatic rings. The Morgan fingerprint density at radius 2 is 1.40 bits per heavy atom. The molecule has 2 fully saturated rings. The number of hydrogen-bond acceptors (Lipinski definition) is 5. The highest BCUT2D eigenvalue weighted by Crippen LogP contribution is 2.23. The number of piperidine rings is 2. The van der Waals surface area contributed by atoms with Crippen molar-refractivity contribution in [1.82, 2.24) is 9.99 Å². The molecular formula is C34H41N3O3. The van der Waals surface area contributed by atoms with Crippen molar-refractivity contribution in [1.29, 1.82) is 0 Å². The number of nitrogens with zero attached hydrogens (tertiary/aromatic N) is 2. The zero-order valence-electron chi connectivity index (χ0n) is 23.6. The first-order valence-corrected chi connectivity index (χ1v) is 14.8. The monoisotopic (exact) mass is 539 g/mol. The van der Waals surface area contributed by atoms with E-state index >= 15 is 0 Å². The number of ketones is 1. The van der Waals surface area contributed by atoms with Crippen LogP contribution in [0.25, 0.3) is 11.1 Å². The van der Waals surface area contributed by atoms with Crippen molar-refractivity contribution in [3.8, 4) is 0 Å². The van der Waals surface area contributed by atoms with E-state index in [0.717, 1.165) is 43.8 Å². The molecule has 2 aliphatic heterocycles. The number of oxazole rings is 1. The fourth-order valence-corrected chi connectivity index (χ4v) is 5.96. The van der Waals surface area contributed by atoms with Crippen LogP contribution >= 0.6 is 0 Å². The average Bonchev–Trinajstić information content (AvgIpc) is 3.34. The van der Waals surface area contributed by atoms with E-state index in [-0.39, 0.29) is 11.5 Å². The molecule has 2 saturated heterocycles. The van der Waals surface area contributed by atoms with Crippen LogP contribution in [0.2, 0.25) is 0 Å². The van der Waals surface area contributed by atoms with Crippen molar-refractivity contribution >= 4 is 16.9 Å². The molecule has 40 heavy (non-hydrogen) atoms. The summed E-state index contributed by atoms with van der Waals surface area (Å²) in [6.45, 7) is 5.88. The average molecular weight is 540 g/mol. The Morgan fingerprint density at radius 3 is 1.98 bits per heavy atom. The zero-order valence-corrected chi connectivity index (χ0v) is 23.6. The molecule has 6 heteroatoms. The second-order valence-electron chi connectivity index (χ2n) is 11.1. The van der Waals surface area contributed by atoms with Gasteiger partial charge in [0.15, 0.2) is 11.4 Å². The van der Waals surface area contributed by atoms with E-state index in [1.165, 1.54) is 43.5 Å². The lowest BCUT2D eigenvalue weighted by atomic mass is 9.91. The number of aromatic nitrogens is 1. The van der Waals surface area contributed by atoms with Gasteiger partial charge in [0.1, 0.15) is 5.52 Å². The minimum Gasteiger partial charge on any atom is -0.406 e. The van der Waals surface area contributed by atoms with Crippen LogP contribution in [0.5, 0.6) is 0 Å². The normalized spacial score (nSPS) is 16.5. The summed E-state index contributed by atoms with van der Waals surface area (Å²) in [5.74, 6) is 1.21. The molecule has 0 radical (unpaired) electrons. The topological polar surface area (TPSA) is 67.5 Å². The maximum Gasteiger partial charge on any atom is 0.438 e. The number of carbonyl (C=O) groups excluding carboxylic acids is 1. The van der Waals surface area contributed by atoms with Crippen molar-refractivity contribution in [3.63, 3.8) is 0 Å². The zero-order chi connectivity index (χ0) is 27.7. The van der Waals surface area contributed by atoms with Gasteiger partial charge < -0.3 is 14.7 Å². The summed E-state index contributed by atoms with van der Waals surface area (Å²) < 4.78 is 7.06. The van der Waals surface area contributed by atoms with Crippen LogP contribution in [0.3, 0.4) is 0 Å². The molecule has 0 aliphatic carbocycles. The van der Waals surface area contributed by atoms with Gasteiger partial charge in [0.25, 0.3) is 0 Å². The molecule has 3 heterocycles. The Bertz CT molecular complexity index is 1410. The van der Waals surface area contributed by atoms with Gasteiger partial charge in [-0.2, -0.15) is 4.68 Å². The maximum atomic E-state index is 12.4. The number of rotatable bonds is 7. The molecule has 6 nitrogen and oxygen atoms in total. The van der Waals surface area contributed by atoms with Crippen LogP contribution < -0.4 is 16.1 Å². The standard InChI is InChI=1S/C22H24N2O3.C12H17N/c1-2-20(25)18-8-9-19-21(15-18)27-22(26)24(19)23-12-10-17(11-13-23)14-16-6-4-3-5-7-16;1-2-4-11(5-3-1)10-12-6-8-13-9-7-12/h3-9,15,17H,2,10-14H2,1H3;1-5,12-13H,6-10H2. The molecule has 0 unspecified atom stereocenters. The van der Waals surface area contributed by atoms with E-state index in [2.05, 4.69) is 64.9 Å². The van der Waals surface area contributed by atoms with Gasteiger partial charge in [-0.15, -0.1) is 0 Å². The van der Waals surface area contributed by atoms with Gasteiger partial charge in [0, 0.05) is 25.1 Å². The highest BCUT2D eigenvalue weighted by Gasteiger charge is 2.23. The molecule has 3 aromatic carbocycles. The lowest BCUT2D eigenvalue weighted by Crippen LogP contribution is -2.45. The first kappa shape index (κ1) is 27.9. The summed E-state index contributed by atoms with van der Waals surface area (Å²) in [4.78, 5) is 24.3. The molecule has 0 bridgehead atoms. The molecule has 1 N–H and O–H groups in total. The van der Waals surface area contributed by atoms with Gasteiger partial charge in [-0.25, -0.2) is 4.79 Å². The van der Waals surface area contributed by atoms with Crippen LogP contribution in [0.1, 0.15) is 60.5 Å². The molecule has 0 spiro atoms. The first-order valence-electron chi connectivity index (χ1n) is 14.8. The van der Waals surface area contributed by atoms with E-state index in [4.69, 9.17) is 4.42 Å². The second kappa shape index (κ2) is 13.6. The number of carbonyl (C=O) groups is 1. The summed E-state index contributed by atoms with van der Waals surface area (Å²) in [6.07, 6.45) is 7.55. The van der Waals surface area contributed by atoms with E-state index < -0.39 is 0 Å². The van der Waals surface area contributed by atoms with Crippen molar-refractivity contribution in [3.05, 3.63) is 106 Å². The van der Waals surface area contributed by atoms with Crippen molar-refractivity contribution in [2.45, 2.75) is 51.9 Å². The summed E-state index contributed by atoms with van der Waals surface area (Å²) in [5.41, 5.74) is 4.66. The molecule has 2 aliphatic rings. The molecule has 210 valence electrons. The van der Waals surface area contributed by atoms with Crippen LogP contribution in [-0.4, -0.2) is 36.6 Å². The van der Waals surface area contributed by atoms with Crippen molar-refractivity contribution < 1.29 is 9.21 Å². The van der Waals surface area contributed by atoms with E-state index in [1.54, 1.807) is 16.8 Å². The first-order chi connectivity index (χ1) is 19.6. The van der Waals surface area contributed by atoms with Crippen LogP contribution in [0.4, 0.5) is 0 Å². The fraction of sp³-hybridized carbons (Fsp3) is 0.412. The maximum absolute atomic E-state index is 12.4. The third-order valence-electron chi connectivity index (χ3n) is 8.27. The van der Waals surface area contributed by atoms with Crippen molar-refractivity contribution in [2.75, 3.05) is 31.2 Å². The highest BCUT2D eigenvalue weighted by atomic mass is 16.4. The third-order valence-corrected chi connectivity index (χ3v) is 8.27. The Kier molecular flexibility index (Phi) is 9.50. The second-order valence-corrected chi connectivity index (χ2v) is 11.1. The fourth-order valence-electron chi connectivity index (χ4n) is 5.96. The molecule has 0 saturated carbocycles.